The average molecular weight is 442 g/mol. The van der Waals surface area contributed by atoms with E-state index in [-0.39, 0.29) is 19.0 Å². The average Bonchev–Trinajstić information content (AvgIpc) is 3.26. The first-order valence-electron chi connectivity index (χ1n) is 10.6. The molecular formula is C24H28FN3O2S. The van der Waals surface area contributed by atoms with E-state index < -0.39 is 6.10 Å². The molecule has 7 heteroatoms. The Bertz CT molecular complexity index is 945. The number of aliphatic hydroxyl groups is 1. The van der Waals surface area contributed by atoms with Crippen LogP contribution in [-0.4, -0.2) is 65.3 Å². The van der Waals surface area contributed by atoms with Crippen molar-refractivity contribution in [2.45, 2.75) is 19.3 Å². The quantitative estimate of drug-likeness (QED) is 0.549. The Morgan fingerprint density at radius 2 is 1.71 bits per heavy atom. The molecule has 1 saturated heterocycles. The highest BCUT2D eigenvalue weighted by atomic mass is 32.1. The van der Waals surface area contributed by atoms with E-state index in [0.29, 0.717) is 12.1 Å². The summed E-state index contributed by atoms with van der Waals surface area (Å²) in [6, 6.07) is 16.8. The zero-order valence-electron chi connectivity index (χ0n) is 17.5. The third-order valence-corrected chi connectivity index (χ3v) is 6.36. The van der Waals surface area contributed by atoms with Crippen LogP contribution in [0.2, 0.25) is 0 Å². The maximum Gasteiger partial charge on any atom is 0.128 e. The van der Waals surface area contributed by atoms with E-state index in [1.807, 2.05) is 18.2 Å². The molecule has 0 bridgehead atoms. The molecule has 2 aromatic carbocycles. The van der Waals surface area contributed by atoms with E-state index in [0.717, 1.165) is 49.0 Å². The molecular weight excluding hydrogens is 413 g/mol. The highest BCUT2D eigenvalue weighted by Crippen LogP contribution is 2.24. The molecule has 0 radical (unpaired) electrons. The predicted molar refractivity (Wildman–Crippen MR) is 121 cm³/mol. The van der Waals surface area contributed by atoms with Gasteiger partial charge in [0, 0.05) is 55.8 Å². The second kappa shape index (κ2) is 10.9. The van der Waals surface area contributed by atoms with Gasteiger partial charge < -0.3 is 9.84 Å². The number of thiazole rings is 1. The van der Waals surface area contributed by atoms with Crippen LogP contribution in [0.15, 0.2) is 60.0 Å². The fourth-order valence-corrected chi connectivity index (χ4v) is 4.54. The minimum atomic E-state index is -0.578. The highest BCUT2D eigenvalue weighted by molar-refractivity contribution is 7.13. The van der Waals surface area contributed by atoms with E-state index >= 15 is 0 Å². The number of rotatable bonds is 9. The number of hydrogen-bond acceptors (Lipinski definition) is 6. The number of ether oxygens (including phenoxy) is 1. The van der Waals surface area contributed by atoms with Gasteiger partial charge in [0.15, 0.2) is 0 Å². The third-order valence-electron chi connectivity index (χ3n) is 5.42. The summed E-state index contributed by atoms with van der Waals surface area (Å²) in [4.78, 5) is 9.45. The molecule has 0 spiro atoms. The van der Waals surface area contributed by atoms with E-state index in [9.17, 15) is 9.50 Å². The van der Waals surface area contributed by atoms with Gasteiger partial charge >= 0.3 is 0 Å². The third kappa shape index (κ3) is 6.41. The molecule has 1 aromatic heterocycles. The molecule has 164 valence electrons. The summed E-state index contributed by atoms with van der Waals surface area (Å²) in [5.74, 6) is -0.274. The Hall–Kier alpha value is -2.16. The van der Waals surface area contributed by atoms with Gasteiger partial charge in [-0.1, -0.05) is 48.5 Å². The Labute approximate surface area is 186 Å². The number of aromatic nitrogens is 1. The van der Waals surface area contributed by atoms with Crippen molar-refractivity contribution in [3.63, 3.8) is 0 Å². The van der Waals surface area contributed by atoms with Gasteiger partial charge in [-0.25, -0.2) is 9.37 Å². The molecule has 0 saturated carbocycles. The maximum absolute atomic E-state index is 13.6. The minimum Gasteiger partial charge on any atom is -0.389 e. The van der Waals surface area contributed by atoms with E-state index in [2.05, 4.69) is 27.3 Å². The number of nitrogens with zero attached hydrogens (tertiary/aromatic N) is 3. The fraction of sp³-hybridized carbons (Fsp3) is 0.375. The number of benzene rings is 2. The molecule has 1 aliphatic rings. The van der Waals surface area contributed by atoms with Gasteiger partial charge in [-0.3, -0.25) is 9.80 Å². The van der Waals surface area contributed by atoms with Crippen molar-refractivity contribution in [1.29, 1.82) is 0 Å². The lowest BCUT2D eigenvalue weighted by Crippen LogP contribution is -2.48. The van der Waals surface area contributed by atoms with Gasteiger partial charge in [-0.2, -0.15) is 0 Å². The summed E-state index contributed by atoms with van der Waals surface area (Å²) in [5, 5.41) is 13.5. The molecule has 0 aliphatic carbocycles. The minimum absolute atomic E-state index is 0.177. The Morgan fingerprint density at radius 3 is 2.48 bits per heavy atom. The highest BCUT2D eigenvalue weighted by Gasteiger charge is 2.20. The number of halogens is 1. The lowest BCUT2D eigenvalue weighted by atomic mass is 10.2. The SMILES string of the molecule is OC(COCc1ccccc1F)CN1CCN(Cc2csc(-c3ccccc3)n2)CC1. The van der Waals surface area contributed by atoms with E-state index in [4.69, 9.17) is 9.72 Å². The van der Waals surface area contributed by atoms with Crippen molar-refractivity contribution in [2.75, 3.05) is 39.3 Å². The predicted octanol–water partition coefficient (Wildman–Crippen LogP) is 3.64. The fourth-order valence-electron chi connectivity index (χ4n) is 3.72. The molecule has 2 heterocycles. The molecule has 4 rings (SSSR count). The summed E-state index contributed by atoms with van der Waals surface area (Å²) in [6.45, 7) is 5.50. The molecule has 1 aliphatic heterocycles. The van der Waals surface area contributed by atoms with E-state index in [1.54, 1.807) is 29.5 Å². The van der Waals surface area contributed by atoms with Crippen LogP contribution in [0, 0.1) is 5.82 Å². The Kier molecular flexibility index (Phi) is 7.77. The van der Waals surface area contributed by atoms with Crippen LogP contribution in [-0.2, 0) is 17.9 Å². The van der Waals surface area contributed by atoms with Crippen molar-refractivity contribution in [2.24, 2.45) is 0 Å². The van der Waals surface area contributed by atoms with Crippen LogP contribution in [0.3, 0.4) is 0 Å². The van der Waals surface area contributed by atoms with Crippen LogP contribution in [0.25, 0.3) is 10.6 Å². The first-order chi connectivity index (χ1) is 15.2. The van der Waals surface area contributed by atoms with Crippen molar-refractivity contribution >= 4 is 11.3 Å². The number of hydrogen-bond donors (Lipinski definition) is 1. The Balaban J connectivity index is 1.16. The summed E-state index contributed by atoms with van der Waals surface area (Å²) in [7, 11) is 0. The second-order valence-electron chi connectivity index (χ2n) is 7.85. The topological polar surface area (TPSA) is 48.8 Å². The molecule has 5 nitrogen and oxygen atoms in total. The molecule has 0 amide bonds. The number of β-amino-alcohol motifs (C(OH)–C–C–N with tert-alkyl or cyclic N) is 1. The van der Waals surface area contributed by atoms with Crippen molar-refractivity contribution in [3.05, 3.63) is 77.1 Å². The van der Waals surface area contributed by atoms with Crippen LogP contribution in [0.4, 0.5) is 4.39 Å². The molecule has 1 N–H and O–H groups in total. The lowest BCUT2D eigenvalue weighted by molar-refractivity contribution is 0.000191. The standard InChI is InChI=1S/C24H28FN3O2S/c25-23-9-5-4-8-20(23)16-30-17-22(29)15-28-12-10-27(11-13-28)14-21-18-31-24(26-21)19-6-2-1-3-7-19/h1-9,18,22,29H,10-17H2. The van der Waals surface area contributed by atoms with Crippen LogP contribution < -0.4 is 0 Å². The lowest BCUT2D eigenvalue weighted by Gasteiger charge is -2.35. The monoisotopic (exact) mass is 441 g/mol. The number of aliphatic hydroxyl groups excluding tert-OH is 1. The van der Waals surface area contributed by atoms with Gasteiger partial charge in [0.2, 0.25) is 0 Å². The normalized spacial score (nSPS) is 16.5. The van der Waals surface area contributed by atoms with Gasteiger partial charge in [0.05, 0.1) is 25.0 Å². The smallest absolute Gasteiger partial charge is 0.128 e. The molecule has 1 atom stereocenters. The Morgan fingerprint density at radius 1 is 1.00 bits per heavy atom. The largest absolute Gasteiger partial charge is 0.389 e. The summed E-state index contributed by atoms with van der Waals surface area (Å²) >= 11 is 1.69. The van der Waals surface area contributed by atoms with Crippen LogP contribution in [0.5, 0.6) is 0 Å². The molecule has 31 heavy (non-hydrogen) atoms. The first-order valence-corrected chi connectivity index (χ1v) is 11.5. The maximum atomic E-state index is 13.6. The van der Waals surface area contributed by atoms with Gasteiger partial charge in [-0.05, 0) is 6.07 Å². The zero-order valence-corrected chi connectivity index (χ0v) is 18.3. The summed E-state index contributed by atoms with van der Waals surface area (Å²) in [6.07, 6.45) is -0.578. The van der Waals surface area contributed by atoms with Crippen molar-refractivity contribution < 1.29 is 14.2 Å². The molecule has 1 unspecified atom stereocenters. The number of piperazine rings is 1. The zero-order chi connectivity index (χ0) is 21.5. The molecule has 3 aromatic rings. The van der Waals surface area contributed by atoms with Crippen LogP contribution in [0.1, 0.15) is 11.3 Å². The first kappa shape index (κ1) is 22.0. The van der Waals surface area contributed by atoms with Crippen molar-refractivity contribution in [1.82, 2.24) is 14.8 Å². The van der Waals surface area contributed by atoms with Crippen molar-refractivity contribution in [3.8, 4) is 10.6 Å². The van der Waals surface area contributed by atoms with Gasteiger partial charge in [0.1, 0.15) is 10.8 Å². The van der Waals surface area contributed by atoms with Gasteiger partial charge in [-0.15, -0.1) is 11.3 Å². The molecule has 1 fully saturated rings. The van der Waals surface area contributed by atoms with Crippen LogP contribution >= 0.6 is 11.3 Å². The summed E-state index contributed by atoms with van der Waals surface area (Å²) < 4.78 is 19.1. The van der Waals surface area contributed by atoms with E-state index in [1.165, 1.54) is 6.07 Å². The second-order valence-corrected chi connectivity index (χ2v) is 8.71. The van der Waals surface area contributed by atoms with Gasteiger partial charge in [0.25, 0.3) is 0 Å². The summed E-state index contributed by atoms with van der Waals surface area (Å²) in [5.41, 5.74) is 2.79.